The standard InChI is InChI=1S/C42H52N4O9/c1-41(2,3)55-40(53)44-32(23-14-15-26-54-38(51)31-21-12-7-13-22-31)35(47)45-42(4,28-30-19-10-6-11-20-30)39(52)43-33(27-29-17-8-5-9-18-29)36(48)46-25-16-24-34(46)37(49)50/h5-13,17-22,32-34H,14-16,23-28H2,1-4H3,(H,43,52)(H,44,53)(H,45,47)(H,49,50)/t32-,33?,34+,42-/m0/s1. The number of esters is 1. The minimum atomic E-state index is -1.65. The molecule has 1 heterocycles. The minimum absolute atomic E-state index is 0.0215. The van der Waals surface area contributed by atoms with Gasteiger partial charge in [-0.15, -0.1) is 0 Å². The van der Waals surface area contributed by atoms with Crippen molar-refractivity contribution < 1.29 is 43.3 Å². The lowest BCUT2D eigenvalue weighted by molar-refractivity contribution is -0.149. The van der Waals surface area contributed by atoms with E-state index in [4.69, 9.17) is 9.47 Å². The number of unbranched alkanes of at least 4 members (excludes halogenated alkanes) is 1. The molecule has 55 heavy (non-hydrogen) atoms. The van der Waals surface area contributed by atoms with E-state index in [1.807, 2.05) is 24.3 Å². The van der Waals surface area contributed by atoms with Crippen LogP contribution in [0.15, 0.2) is 91.0 Å². The number of nitrogens with zero attached hydrogens (tertiary/aromatic N) is 1. The first kappa shape index (κ1) is 42.0. The number of carboxylic acids is 1. The van der Waals surface area contributed by atoms with Gasteiger partial charge in [0.15, 0.2) is 0 Å². The van der Waals surface area contributed by atoms with E-state index in [-0.39, 0.29) is 32.4 Å². The summed E-state index contributed by atoms with van der Waals surface area (Å²) in [5.41, 5.74) is -0.625. The zero-order chi connectivity index (χ0) is 40.0. The topological polar surface area (TPSA) is 180 Å². The number of rotatable bonds is 17. The van der Waals surface area contributed by atoms with E-state index in [9.17, 15) is 33.9 Å². The van der Waals surface area contributed by atoms with Crippen molar-refractivity contribution in [3.63, 3.8) is 0 Å². The van der Waals surface area contributed by atoms with Gasteiger partial charge in [0, 0.05) is 19.4 Å². The first-order valence-electron chi connectivity index (χ1n) is 18.6. The molecule has 3 aromatic carbocycles. The lowest BCUT2D eigenvalue weighted by atomic mass is 9.90. The molecule has 1 aliphatic rings. The Bertz CT molecular complexity index is 1770. The van der Waals surface area contributed by atoms with E-state index in [1.165, 1.54) is 4.90 Å². The summed E-state index contributed by atoms with van der Waals surface area (Å²) in [5, 5.41) is 18.2. The Morgan fingerprint density at radius 3 is 2.00 bits per heavy atom. The molecule has 0 spiro atoms. The monoisotopic (exact) mass is 756 g/mol. The van der Waals surface area contributed by atoms with Crippen molar-refractivity contribution in [3.8, 4) is 0 Å². The van der Waals surface area contributed by atoms with Crippen LogP contribution in [-0.2, 0) is 41.5 Å². The van der Waals surface area contributed by atoms with Crippen LogP contribution in [0.4, 0.5) is 4.79 Å². The van der Waals surface area contributed by atoms with Crippen LogP contribution >= 0.6 is 0 Å². The Kier molecular flexibility index (Phi) is 14.9. The second-order valence-electron chi connectivity index (χ2n) is 14.9. The third-order valence-electron chi connectivity index (χ3n) is 9.14. The SMILES string of the molecule is CC(C)(C)OC(=O)N[C@@H](CCCCOC(=O)c1ccccc1)C(=O)N[C@@](C)(Cc1ccccc1)C(=O)NC(Cc1ccccc1)C(=O)N1CCC[C@@H]1C(=O)O. The molecule has 0 radical (unpaired) electrons. The Balaban J connectivity index is 1.56. The highest BCUT2D eigenvalue weighted by Gasteiger charge is 2.42. The molecule has 1 unspecified atom stereocenters. The van der Waals surface area contributed by atoms with Gasteiger partial charge in [0.25, 0.3) is 0 Å². The predicted molar refractivity (Wildman–Crippen MR) is 205 cm³/mol. The largest absolute Gasteiger partial charge is 0.480 e. The average molecular weight is 757 g/mol. The zero-order valence-electron chi connectivity index (χ0n) is 31.9. The number of hydrogen-bond acceptors (Lipinski definition) is 8. The highest BCUT2D eigenvalue weighted by Crippen LogP contribution is 2.22. The van der Waals surface area contributed by atoms with Gasteiger partial charge in [-0.05, 0) is 83.1 Å². The molecule has 1 saturated heterocycles. The van der Waals surface area contributed by atoms with Crippen molar-refractivity contribution in [1.29, 1.82) is 0 Å². The molecule has 4 rings (SSSR count). The lowest BCUT2D eigenvalue weighted by Gasteiger charge is -2.34. The van der Waals surface area contributed by atoms with Gasteiger partial charge in [-0.2, -0.15) is 0 Å². The van der Waals surface area contributed by atoms with Gasteiger partial charge in [-0.3, -0.25) is 14.4 Å². The molecular formula is C42H52N4O9. The zero-order valence-corrected chi connectivity index (χ0v) is 31.9. The number of carbonyl (C=O) groups excluding carboxylic acids is 5. The van der Waals surface area contributed by atoms with Crippen LogP contribution in [0.5, 0.6) is 0 Å². The Morgan fingerprint density at radius 1 is 0.800 bits per heavy atom. The second kappa shape index (κ2) is 19.6. The molecule has 0 bridgehead atoms. The Morgan fingerprint density at radius 2 is 1.40 bits per heavy atom. The fourth-order valence-electron chi connectivity index (χ4n) is 6.39. The van der Waals surface area contributed by atoms with Gasteiger partial charge in [-0.25, -0.2) is 14.4 Å². The number of ether oxygens (including phenoxy) is 2. The average Bonchev–Trinajstić information content (AvgIpc) is 3.65. The highest BCUT2D eigenvalue weighted by atomic mass is 16.6. The number of amides is 4. The number of aliphatic carboxylic acids is 1. The van der Waals surface area contributed by atoms with E-state index in [0.29, 0.717) is 36.8 Å². The third-order valence-corrected chi connectivity index (χ3v) is 9.14. The van der Waals surface area contributed by atoms with Crippen LogP contribution in [0.1, 0.15) is 81.3 Å². The van der Waals surface area contributed by atoms with Crippen molar-refractivity contribution in [3.05, 3.63) is 108 Å². The summed E-state index contributed by atoms with van der Waals surface area (Å²) in [6, 6.07) is 23.3. The third kappa shape index (κ3) is 13.0. The summed E-state index contributed by atoms with van der Waals surface area (Å²) in [4.78, 5) is 81.3. The van der Waals surface area contributed by atoms with Gasteiger partial charge in [-0.1, -0.05) is 78.9 Å². The van der Waals surface area contributed by atoms with E-state index < -0.39 is 65.0 Å². The van der Waals surface area contributed by atoms with Gasteiger partial charge in [0.05, 0.1) is 12.2 Å². The quantitative estimate of drug-likeness (QED) is 0.111. The van der Waals surface area contributed by atoms with E-state index >= 15 is 0 Å². The van der Waals surface area contributed by atoms with Gasteiger partial charge < -0.3 is 35.4 Å². The molecule has 0 saturated carbocycles. The van der Waals surface area contributed by atoms with Crippen molar-refractivity contribution in [2.24, 2.45) is 0 Å². The Labute approximate surface area is 322 Å². The normalized spacial score (nSPS) is 16.1. The number of nitrogens with one attached hydrogen (secondary N) is 3. The Hall–Kier alpha value is -5.72. The van der Waals surface area contributed by atoms with Crippen molar-refractivity contribution in [1.82, 2.24) is 20.9 Å². The summed E-state index contributed by atoms with van der Waals surface area (Å²) in [7, 11) is 0. The fourth-order valence-corrected chi connectivity index (χ4v) is 6.39. The minimum Gasteiger partial charge on any atom is -0.480 e. The van der Waals surface area contributed by atoms with Crippen molar-refractivity contribution in [2.45, 2.75) is 102 Å². The molecule has 4 amide bonds. The van der Waals surface area contributed by atoms with Crippen molar-refractivity contribution in [2.75, 3.05) is 13.2 Å². The molecular weight excluding hydrogens is 704 g/mol. The number of likely N-dealkylation sites (tertiary alicyclic amines) is 1. The molecule has 13 nitrogen and oxygen atoms in total. The fraction of sp³-hybridized carbons (Fsp3) is 0.429. The molecule has 13 heteroatoms. The van der Waals surface area contributed by atoms with E-state index in [2.05, 4.69) is 16.0 Å². The summed E-state index contributed by atoms with van der Waals surface area (Å²) in [6.45, 7) is 6.94. The summed E-state index contributed by atoms with van der Waals surface area (Å²) in [6.07, 6.45) is 0.966. The van der Waals surface area contributed by atoms with Gasteiger partial charge in [0.1, 0.15) is 29.3 Å². The van der Waals surface area contributed by atoms with E-state index in [1.54, 1.807) is 94.4 Å². The summed E-state index contributed by atoms with van der Waals surface area (Å²) in [5.74, 6) is -3.47. The molecule has 4 N–H and O–H groups in total. The number of carbonyl (C=O) groups is 6. The molecule has 1 aliphatic heterocycles. The van der Waals surface area contributed by atoms with Crippen LogP contribution < -0.4 is 16.0 Å². The molecule has 294 valence electrons. The smallest absolute Gasteiger partial charge is 0.408 e. The van der Waals surface area contributed by atoms with Crippen LogP contribution in [0.3, 0.4) is 0 Å². The first-order valence-corrected chi connectivity index (χ1v) is 18.6. The number of benzene rings is 3. The van der Waals surface area contributed by atoms with Crippen molar-refractivity contribution >= 4 is 35.8 Å². The van der Waals surface area contributed by atoms with Gasteiger partial charge in [0.2, 0.25) is 17.7 Å². The van der Waals surface area contributed by atoms with Crippen LogP contribution in [-0.4, -0.2) is 88.2 Å². The summed E-state index contributed by atoms with van der Waals surface area (Å²) >= 11 is 0. The molecule has 0 aromatic heterocycles. The van der Waals surface area contributed by atoms with E-state index in [0.717, 1.165) is 5.56 Å². The molecule has 0 aliphatic carbocycles. The number of hydrogen-bond donors (Lipinski definition) is 4. The second-order valence-corrected chi connectivity index (χ2v) is 14.9. The van der Waals surface area contributed by atoms with Gasteiger partial charge >= 0.3 is 18.0 Å². The van der Waals surface area contributed by atoms with Crippen LogP contribution in [0, 0.1) is 0 Å². The number of alkyl carbamates (subject to hydrolysis) is 1. The molecule has 3 aromatic rings. The lowest BCUT2D eigenvalue weighted by Crippen LogP contribution is -2.64. The van der Waals surface area contributed by atoms with Crippen LogP contribution in [0.25, 0.3) is 0 Å². The maximum Gasteiger partial charge on any atom is 0.408 e. The number of carboxylic acid groups (broad SMARTS) is 1. The maximum absolute atomic E-state index is 14.5. The highest BCUT2D eigenvalue weighted by molar-refractivity contribution is 5.97. The summed E-state index contributed by atoms with van der Waals surface area (Å²) < 4.78 is 10.8. The molecule has 1 fully saturated rings. The maximum atomic E-state index is 14.5. The molecule has 4 atom stereocenters. The first-order chi connectivity index (χ1) is 26.1. The van der Waals surface area contributed by atoms with Crippen LogP contribution in [0.2, 0.25) is 0 Å². The predicted octanol–water partition coefficient (Wildman–Crippen LogP) is 4.83.